The number of nitrogens with one attached hydrogen (secondary N) is 1. The van der Waals surface area contributed by atoms with Crippen LogP contribution in [0.15, 0.2) is 42.5 Å². The third kappa shape index (κ3) is 3.16. The molecule has 102 valence electrons. The maximum atomic E-state index is 12.0. The summed E-state index contributed by atoms with van der Waals surface area (Å²) in [5.74, 6) is -0.0905. The zero-order valence-corrected chi connectivity index (χ0v) is 11.8. The number of nitrogens with zero attached hydrogens (tertiary/aromatic N) is 1. The van der Waals surface area contributed by atoms with Crippen LogP contribution >= 0.6 is 0 Å². The molecule has 3 nitrogen and oxygen atoms in total. The Kier molecular flexibility index (Phi) is 4.05. The molecule has 0 bridgehead atoms. The van der Waals surface area contributed by atoms with Gasteiger partial charge in [0.05, 0.1) is 6.07 Å². The summed E-state index contributed by atoms with van der Waals surface area (Å²) in [5, 5.41) is 13.5. The quantitative estimate of drug-likeness (QED) is 0.865. The second kappa shape index (κ2) is 5.75. The minimum absolute atomic E-state index is 0.0555. The van der Waals surface area contributed by atoms with Crippen LogP contribution in [0.5, 0.6) is 0 Å². The van der Waals surface area contributed by atoms with Gasteiger partial charge in [-0.1, -0.05) is 56.3 Å². The van der Waals surface area contributed by atoms with Crippen molar-refractivity contribution in [2.75, 3.05) is 6.54 Å². The predicted molar refractivity (Wildman–Crippen MR) is 80.1 cm³/mol. The fourth-order valence-electron chi connectivity index (χ4n) is 2.30. The highest BCUT2D eigenvalue weighted by atomic mass is 16.2. The van der Waals surface area contributed by atoms with Crippen LogP contribution in [0.4, 0.5) is 0 Å². The van der Waals surface area contributed by atoms with Crippen LogP contribution in [0.3, 0.4) is 0 Å². The summed E-state index contributed by atoms with van der Waals surface area (Å²) in [6.07, 6.45) is 0.648. The Bertz CT molecular complexity index is 668. The van der Waals surface area contributed by atoms with E-state index < -0.39 is 5.41 Å². The van der Waals surface area contributed by atoms with E-state index in [2.05, 4.69) is 35.6 Å². The zero-order valence-electron chi connectivity index (χ0n) is 11.8. The number of amides is 1. The van der Waals surface area contributed by atoms with E-state index in [1.165, 1.54) is 10.8 Å². The van der Waals surface area contributed by atoms with Crippen LogP contribution in [0, 0.1) is 16.7 Å². The number of benzene rings is 2. The summed E-state index contributed by atoms with van der Waals surface area (Å²) in [7, 11) is 0. The lowest BCUT2D eigenvalue weighted by Gasteiger charge is -2.23. The smallest absolute Gasteiger partial charge is 0.226 e. The van der Waals surface area contributed by atoms with Crippen molar-refractivity contribution in [2.45, 2.75) is 20.3 Å². The molecule has 0 aliphatic rings. The summed E-state index contributed by atoms with van der Waals surface area (Å²) in [6.45, 7) is 3.85. The van der Waals surface area contributed by atoms with Crippen molar-refractivity contribution >= 4 is 16.7 Å². The van der Waals surface area contributed by atoms with E-state index in [0.29, 0.717) is 6.42 Å². The predicted octanol–water partition coefficient (Wildman–Crippen LogP) is 3.05. The van der Waals surface area contributed by atoms with Gasteiger partial charge in [-0.2, -0.15) is 5.26 Å². The molecular formula is C17H18N2O. The van der Waals surface area contributed by atoms with Crippen molar-refractivity contribution in [1.29, 1.82) is 5.26 Å². The Hall–Kier alpha value is -2.34. The topological polar surface area (TPSA) is 52.9 Å². The fourth-order valence-corrected chi connectivity index (χ4v) is 2.30. The minimum Gasteiger partial charge on any atom is -0.343 e. The van der Waals surface area contributed by atoms with Crippen LogP contribution in [0.1, 0.15) is 19.4 Å². The molecular weight excluding hydrogens is 248 g/mol. The summed E-state index contributed by atoms with van der Waals surface area (Å²) in [6, 6.07) is 16.4. The number of rotatable bonds is 4. The number of hydrogen-bond acceptors (Lipinski definition) is 2. The molecule has 0 radical (unpaired) electrons. The van der Waals surface area contributed by atoms with Gasteiger partial charge in [0, 0.05) is 5.41 Å². The van der Waals surface area contributed by atoms with E-state index in [1.807, 2.05) is 32.0 Å². The first-order valence-electron chi connectivity index (χ1n) is 6.66. The van der Waals surface area contributed by atoms with E-state index in [1.54, 1.807) is 0 Å². The van der Waals surface area contributed by atoms with Gasteiger partial charge in [0.1, 0.15) is 6.54 Å². The minimum atomic E-state index is -0.528. The number of hydrogen-bond donors (Lipinski definition) is 1. The third-order valence-electron chi connectivity index (χ3n) is 3.40. The van der Waals surface area contributed by atoms with E-state index in [-0.39, 0.29) is 12.5 Å². The standard InChI is InChI=1S/C17H18N2O/c1-17(2,16(20)19-10-9-18)12-13-7-8-14-5-3-4-6-15(14)11-13/h3-8,11H,10,12H2,1-2H3,(H,19,20). The lowest BCUT2D eigenvalue weighted by Crippen LogP contribution is -2.38. The molecule has 0 aliphatic heterocycles. The first kappa shape index (κ1) is 14.1. The first-order valence-corrected chi connectivity index (χ1v) is 6.66. The molecule has 0 heterocycles. The molecule has 1 N–H and O–H groups in total. The van der Waals surface area contributed by atoms with Crippen LogP contribution in [0.2, 0.25) is 0 Å². The molecule has 0 unspecified atom stereocenters. The van der Waals surface area contributed by atoms with E-state index >= 15 is 0 Å². The SMILES string of the molecule is CC(C)(Cc1ccc2ccccc2c1)C(=O)NCC#N. The second-order valence-electron chi connectivity index (χ2n) is 5.58. The van der Waals surface area contributed by atoms with Crippen LogP contribution in [-0.4, -0.2) is 12.5 Å². The number of fused-ring (bicyclic) bond motifs is 1. The monoisotopic (exact) mass is 266 g/mol. The lowest BCUT2D eigenvalue weighted by molar-refractivity contribution is -0.129. The molecule has 3 heteroatoms. The van der Waals surface area contributed by atoms with Gasteiger partial charge in [-0.3, -0.25) is 4.79 Å². The zero-order chi connectivity index (χ0) is 14.6. The highest BCUT2D eigenvalue weighted by Crippen LogP contribution is 2.24. The Morgan fingerprint density at radius 1 is 1.20 bits per heavy atom. The molecule has 0 atom stereocenters. The molecule has 0 fully saturated rings. The molecule has 2 aromatic rings. The molecule has 0 saturated carbocycles. The van der Waals surface area contributed by atoms with Gasteiger partial charge < -0.3 is 5.32 Å². The largest absolute Gasteiger partial charge is 0.343 e. The Labute approximate surface area is 119 Å². The molecule has 0 spiro atoms. The van der Waals surface area contributed by atoms with Crippen molar-refractivity contribution < 1.29 is 4.79 Å². The van der Waals surface area contributed by atoms with Crippen molar-refractivity contribution in [1.82, 2.24) is 5.32 Å². The maximum Gasteiger partial charge on any atom is 0.226 e. The summed E-state index contributed by atoms with van der Waals surface area (Å²) < 4.78 is 0. The summed E-state index contributed by atoms with van der Waals surface area (Å²) in [4.78, 5) is 12.0. The Balaban J connectivity index is 2.18. The van der Waals surface area contributed by atoms with Crippen molar-refractivity contribution in [3.05, 3.63) is 48.0 Å². The molecule has 2 rings (SSSR count). The van der Waals surface area contributed by atoms with Crippen LogP contribution in [0.25, 0.3) is 10.8 Å². The van der Waals surface area contributed by atoms with E-state index in [9.17, 15) is 4.79 Å². The maximum absolute atomic E-state index is 12.0. The third-order valence-corrected chi connectivity index (χ3v) is 3.40. The van der Waals surface area contributed by atoms with Crippen molar-refractivity contribution in [3.8, 4) is 6.07 Å². The average Bonchev–Trinajstić information content (AvgIpc) is 2.44. The number of carbonyl (C=O) groups excluding carboxylic acids is 1. The Morgan fingerprint density at radius 2 is 1.90 bits per heavy atom. The van der Waals surface area contributed by atoms with Crippen molar-refractivity contribution in [2.24, 2.45) is 5.41 Å². The van der Waals surface area contributed by atoms with Gasteiger partial charge in [-0.25, -0.2) is 0 Å². The highest BCUT2D eigenvalue weighted by Gasteiger charge is 2.27. The lowest BCUT2D eigenvalue weighted by atomic mass is 9.84. The highest BCUT2D eigenvalue weighted by molar-refractivity contribution is 5.84. The van der Waals surface area contributed by atoms with Gasteiger partial charge in [0.2, 0.25) is 5.91 Å². The fraction of sp³-hybridized carbons (Fsp3) is 0.294. The summed E-state index contributed by atoms with van der Waals surface area (Å²) in [5.41, 5.74) is 0.597. The van der Waals surface area contributed by atoms with Crippen LogP contribution in [-0.2, 0) is 11.2 Å². The molecule has 0 aliphatic carbocycles. The second-order valence-corrected chi connectivity index (χ2v) is 5.58. The van der Waals surface area contributed by atoms with Gasteiger partial charge in [-0.15, -0.1) is 0 Å². The van der Waals surface area contributed by atoms with E-state index in [4.69, 9.17) is 5.26 Å². The van der Waals surface area contributed by atoms with Gasteiger partial charge in [-0.05, 0) is 22.8 Å². The summed E-state index contributed by atoms with van der Waals surface area (Å²) >= 11 is 0. The molecule has 0 saturated heterocycles. The Morgan fingerprint density at radius 3 is 2.60 bits per heavy atom. The first-order chi connectivity index (χ1) is 9.53. The van der Waals surface area contributed by atoms with Crippen LogP contribution < -0.4 is 5.32 Å². The van der Waals surface area contributed by atoms with Gasteiger partial charge >= 0.3 is 0 Å². The van der Waals surface area contributed by atoms with Crippen molar-refractivity contribution in [3.63, 3.8) is 0 Å². The van der Waals surface area contributed by atoms with Gasteiger partial charge in [0.15, 0.2) is 0 Å². The molecule has 0 aromatic heterocycles. The molecule has 1 amide bonds. The average molecular weight is 266 g/mol. The van der Waals surface area contributed by atoms with Gasteiger partial charge in [0.25, 0.3) is 0 Å². The van der Waals surface area contributed by atoms with E-state index in [0.717, 1.165) is 5.56 Å². The number of nitriles is 1. The molecule has 2 aromatic carbocycles. The normalized spacial score (nSPS) is 11.1. The number of carbonyl (C=O) groups is 1. The molecule has 20 heavy (non-hydrogen) atoms.